The Bertz CT molecular complexity index is 455. The second-order valence-corrected chi connectivity index (χ2v) is 4.59. The van der Waals surface area contributed by atoms with Crippen molar-refractivity contribution in [1.29, 1.82) is 0 Å². The number of aryl methyl sites for hydroxylation is 1. The van der Waals surface area contributed by atoms with Gasteiger partial charge in [0.2, 0.25) is 0 Å². The Labute approximate surface area is 117 Å². The monoisotopic (exact) mass is 287 g/mol. The fourth-order valence-electron chi connectivity index (χ4n) is 1.87. The molecule has 1 aromatic rings. The number of hydrogen-bond acceptors (Lipinski definition) is 1. The van der Waals surface area contributed by atoms with Crippen LogP contribution < -0.4 is 10.6 Å². The molecule has 1 rings (SSSR count). The van der Waals surface area contributed by atoms with Crippen LogP contribution in [0.15, 0.2) is 29.3 Å². The number of nitrogens with zero attached hydrogens (tertiary/aromatic N) is 1. The molecule has 2 N–H and O–H groups in total. The zero-order valence-corrected chi connectivity index (χ0v) is 11.9. The molecule has 0 bridgehead atoms. The molecule has 0 radical (unpaired) electrons. The molecular formula is C14H20F3N3. The lowest BCUT2D eigenvalue weighted by Gasteiger charge is -2.20. The van der Waals surface area contributed by atoms with Crippen LogP contribution in [0.2, 0.25) is 0 Å². The third-order valence-electron chi connectivity index (χ3n) is 2.93. The van der Waals surface area contributed by atoms with E-state index in [1.54, 1.807) is 0 Å². The minimum absolute atomic E-state index is 0.0340. The Morgan fingerprint density at radius 2 is 1.95 bits per heavy atom. The lowest BCUT2D eigenvalue weighted by Crippen LogP contribution is -2.40. The van der Waals surface area contributed by atoms with Gasteiger partial charge < -0.3 is 10.6 Å². The van der Waals surface area contributed by atoms with Crippen molar-refractivity contribution in [2.75, 3.05) is 13.6 Å². The van der Waals surface area contributed by atoms with Crippen molar-refractivity contribution in [3.05, 3.63) is 35.4 Å². The average Bonchev–Trinajstić information content (AvgIpc) is 2.36. The van der Waals surface area contributed by atoms with Crippen molar-refractivity contribution < 1.29 is 13.2 Å². The van der Waals surface area contributed by atoms with E-state index >= 15 is 0 Å². The van der Waals surface area contributed by atoms with Crippen LogP contribution in [0.3, 0.4) is 0 Å². The lowest BCUT2D eigenvalue weighted by atomic mass is 10.0. The van der Waals surface area contributed by atoms with Crippen LogP contribution in [0, 0.1) is 6.92 Å². The van der Waals surface area contributed by atoms with E-state index in [-0.39, 0.29) is 12.6 Å². The molecule has 0 saturated carbocycles. The number of halogens is 3. The summed E-state index contributed by atoms with van der Waals surface area (Å²) in [6.45, 7) is 3.75. The summed E-state index contributed by atoms with van der Waals surface area (Å²) in [6, 6.07) is 7.82. The first-order chi connectivity index (χ1) is 9.33. The minimum atomic E-state index is -4.16. The number of benzene rings is 1. The van der Waals surface area contributed by atoms with Gasteiger partial charge in [0.25, 0.3) is 0 Å². The predicted molar refractivity (Wildman–Crippen MR) is 74.8 cm³/mol. The highest BCUT2D eigenvalue weighted by Gasteiger charge is 2.26. The summed E-state index contributed by atoms with van der Waals surface area (Å²) in [4.78, 5) is 3.93. The molecular weight excluding hydrogens is 267 g/mol. The highest BCUT2D eigenvalue weighted by molar-refractivity contribution is 5.80. The van der Waals surface area contributed by atoms with Crippen molar-refractivity contribution in [3.63, 3.8) is 0 Å². The fraction of sp³-hybridized carbons (Fsp3) is 0.500. The van der Waals surface area contributed by atoms with E-state index in [1.165, 1.54) is 7.05 Å². The second-order valence-electron chi connectivity index (χ2n) is 4.59. The van der Waals surface area contributed by atoms with E-state index in [0.717, 1.165) is 11.1 Å². The molecule has 6 heteroatoms. The van der Waals surface area contributed by atoms with Crippen LogP contribution in [0.5, 0.6) is 0 Å². The van der Waals surface area contributed by atoms with Crippen LogP contribution in [0.1, 0.15) is 30.5 Å². The zero-order chi connectivity index (χ0) is 15.2. The van der Waals surface area contributed by atoms with Crippen LogP contribution >= 0.6 is 0 Å². The van der Waals surface area contributed by atoms with Gasteiger partial charge in [0.05, 0.1) is 12.5 Å². The minimum Gasteiger partial charge on any atom is -0.356 e. The Kier molecular flexibility index (Phi) is 5.85. The Balaban J connectivity index is 2.55. The highest BCUT2D eigenvalue weighted by atomic mass is 19.4. The Hall–Kier alpha value is -1.72. The van der Waals surface area contributed by atoms with Gasteiger partial charge in [0.15, 0.2) is 5.96 Å². The normalized spacial score (nSPS) is 14.0. The van der Waals surface area contributed by atoms with Crippen LogP contribution in [0.25, 0.3) is 0 Å². The van der Waals surface area contributed by atoms with Gasteiger partial charge in [0, 0.05) is 13.6 Å². The molecule has 0 aromatic heterocycles. The summed E-state index contributed by atoms with van der Waals surface area (Å²) < 4.78 is 36.3. The Morgan fingerprint density at radius 1 is 1.30 bits per heavy atom. The maximum atomic E-state index is 12.1. The van der Waals surface area contributed by atoms with E-state index in [9.17, 15) is 13.2 Å². The van der Waals surface area contributed by atoms with E-state index < -0.39 is 12.6 Å². The van der Waals surface area contributed by atoms with Crippen molar-refractivity contribution in [1.82, 2.24) is 10.6 Å². The van der Waals surface area contributed by atoms with Gasteiger partial charge in [-0.2, -0.15) is 13.2 Å². The van der Waals surface area contributed by atoms with Gasteiger partial charge in [-0.25, -0.2) is 0 Å². The molecule has 0 fully saturated rings. The number of guanidine groups is 1. The molecule has 0 spiro atoms. The number of alkyl halides is 3. The number of hydrogen-bond donors (Lipinski definition) is 2. The second kappa shape index (κ2) is 7.17. The summed E-state index contributed by atoms with van der Waals surface area (Å²) >= 11 is 0. The predicted octanol–water partition coefficient (Wildman–Crippen LogP) is 3.17. The highest BCUT2D eigenvalue weighted by Crippen LogP contribution is 2.18. The van der Waals surface area contributed by atoms with Crippen LogP contribution in [-0.2, 0) is 0 Å². The van der Waals surface area contributed by atoms with E-state index in [4.69, 9.17) is 0 Å². The van der Waals surface area contributed by atoms with Crippen LogP contribution in [0.4, 0.5) is 13.2 Å². The molecule has 0 aliphatic carbocycles. The van der Waals surface area contributed by atoms with Gasteiger partial charge in [-0.15, -0.1) is 0 Å². The molecule has 20 heavy (non-hydrogen) atoms. The summed E-state index contributed by atoms with van der Waals surface area (Å²) in [7, 11) is 1.54. The lowest BCUT2D eigenvalue weighted by molar-refractivity contribution is -0.132. The van der Waals surface area contributed by atoms with Gasteiger partial charge in [-0.1, -0.05) is 24.3 Å². The van der Waals surface area contributed by atoms with Crippen molar-refractivity contribution in [2.24, 2.45) is 4.99 Å². The molecule has 0 aliphatic heterocycles. The number of aliphatic imine (C=N–C) groups is 1. The van der Waals surface area contributed by atoms with Crippen LogP contribution in [-0.4, -0.2) is 25.7 Å². The third-order valence-corrected chi connectivity index (χ3v) is 2.93. The van der Waals surface area contributed by atoms with E-state index in [0.29, 0.717) is 5.96 Å². The number of rotatable bonds is 4. The molecule has 1 atom stereocenters. The number of nitrogens with one attached hydrogen (secondary N) is 2. The molecule has 0 aliphatic rings. The quantitative estimate of drug-likeness (QED) is 0.659. The first-order valence-corrected chi connectivity index (χ1v) is 6.43. The summed E-state index contributed by atoms with van der Waals surface area (Å²) in [6.07, 6.45) is -5.04. The molecule has 0 saturated heterocycles. The first kappa shape index (κ1) is 16.3. The smallest absolute Gasteiger partial charge is 0.356 e. The third kappa shape index (κ3) is 5.50. The van der Waals surface area contributed by atoms with Crippen molar-refractivity contribution in [2.45, 2.75) is 32.5 Å². The first-order valence-electron chi connectivity index (χ1n) is 6.43. The maximum Gasteiger partial charge on any atom is 0.390 e. The maximum absolute atomic E-state index is 12.1. The standard InChI is InChI=1S/C14H20F3N3/c1-10-6-4-5-7-12(10)11(2)20-13(18-3)19-9-8-14(15,16)17/h4-7,11H,8-9H2,1-3H3,(H2,18,19,20). The van der Waals surface area contributed by atoms with Crippen molar-refractivity contribution >= 4 is 5.96 Å². The van der Waals surface area contributed by atoms with Gasteiger partial charge >= 0.3 is 6.18 Å². The molecule has 1 unspecified atom stereocenters. The van der Waals surface area contributed by atoms with Gasteiger partial charge in [-0.05, 0) is 25.0 Å². The fourth-order valence-corrected chi connectivity index (χ4v) is 1.87. The van der Waals surface area contributed by atoms with Crippen molar-refractivity contribution in [3.8, 4) is 0 Å². The summed E-state index contributed by atoms with van der Waals surface area (Å²) in [5, 5.41) is 5.75. The summed E-state index contributed by atoms with van der Waals surface area (Å²) in [5.41, 5.74) is 2.21. The van der Waals surface area contributed by atoms with E-state index in [1.807, 2.05) is 38.1 Å². The van der Waals surface area contributed by atoms with E-state index in [2.05, 4.69) is 15.6 Å². The largest absolute Gasteiger partial charge is 0.390 e. The Morgan fingerprint density at radius 3 is 2.50 bits per heavy atom. The average molecular weight is 287 g/mol. The molecule has 1 aromatic carbocycles. The topological polar surface area (TPSA) is 36.4 Å². The SMILES string of the molecule is CN=C(NCCC(F)(F)F)NC(C)c1ccccc1C. The molecule has 112 valence electrons. The van der Waals surface area contributed by atoms with Gasteiger partial charge in [0.1, 0.15) is 0 Å². The molecule has 0 amide bonds. The molecule has 3 nitrogen and oxygen atoms in total. The summed E-state index contributed by atoms with van der Waals surface area (Å²) in [5.74, 6) is 0.366. The molecule has 0 heterocycles. The zero-order valence-electron chi connectivity index (χ0n) is 11.9. The van der Waals surface area contributed by atoms with Gasteiger partial charge in [-0.3, -0.25) is 4.99 Å².